The van der Waals surface area contributed by atoms with Crippen molar-refractivity contribution in [2.45, 2.75) is 19.8 Å². The zero-order valence-electron chi connectivity index (χ0n) is 14.5. The average molecular weight is 329 g/mol. The van der Waals surface area contributed by atoms with Crippen molar-refractivity contribution in [1.29, 1.82) is 0 Å². The molecular formula is C19H23NO4. The van der Waals surface area contributed by atoms with Gasteiger partial charge in [0.15, 0.2) is 0 Å². The van der Waals surface area contributed by atoms with Crippen LogP contribution in [0, 0.1) is 6.92 Å². The molecule has 0 atom stereocenters. The van der Waals surface area contributed by atoms with E-state index >= 15 is 0 Å². The Kier molecular flexibility index (Phi) is 6.07. The third kappa shape index (κ3) is 4.41. The number of aryl methyl sites for hydroxylation is 2. The maximum Gasteiger partial charge on any atom is 0.224 e. The van der Waals surface area contributed by atoms with Gasteiger partial charge in [-0.3, -0.25) is 4.79 Å². The minimum absolute atomic E-state index is 0.0630. The highest BCUT2D eigenvalue weighted by Crippen LogP contribution is 2.29. The fourth-order valence-electron chi connectivity index (χ4n) is 2.47. The van der Waals surface area contributed by atoms with Crippen LogP contribution < -0.4 is 19.5 Å². The summed E-state index contributed by atoms with van der Waals surface area (Å²) in [6, 6.07) is 11.2. The molecule has 0 heterocycles. The smallest absolute Gasteiger partial charge is 0.224 e. The van der Waals surface area contributed by atoms with Gasteiger partial charge in [0.2, 0.25) is 5.91 Å². The largest absolute Gasteiger partial charge is 0.497 e. The molecule has 0 aromatic heterocycles. The molecule has 2 aromatic rings. The van der Waals surface area contributed by atoms with Gasteiger partial charge in [-0.05, 0) is 42.7 Å². The summed E-state index contributed by atoms with van der Waals surface area (Å²) in [6.45, 7) is 1.99. The van der Waals surface area contributed by atoms with Gasteiger partial charge in [-0.1, -0.05) is 12.1 Å². The van der Waals surface area contributed by atoms with Crippen LogP contribution in [-0.4, -0.2) is 27.2 Å². The lowest BCUT2D eigenvalue weighted by Gasteiger charge is -2.12. The molecule has 1 N–H and O–H groups in total. The standard InChI is InChI=1S/C19H23NO4/c1-13-11-14(5-9-17(13)23-3)6-10-19(21)20-16-8-7-15(22-2)12-18(16)24-4/h5,7-9,11-12H,6,10H2,1-4H3,(H,20,21). The van der Waals surface area contributed by atoms with E-state index in [-0.39, 0.29) is 5.91 Å². The van der Waals surface area contributed by atoms with Crippen LogP contribution in [-0.2, 0) is 11.2 Å². The lowest BCUT2D eigenvalue weighted by Crippen LogP contribution is -2.13. The first-order chi connectivity index (χ1) is 11.6. The molecule has 0 saturated heterocycles. The molecule has 0 spiro atoms. The van der Waals surface area contributed by atoms with E-state index in [0.29, 0.717) is 30.0 Å². The summed E-state index contributed by atoms with van der Waals surface area (Å²) in [7, 11) is 4.80. The van der Waals surface area contributed by atoms with E-state index in [4.69, 9.17) is 14.2 Å². The van der Waals surface area contributed by atoms with Gasteiger partial charge < -0.3 is 19.5 Å². The summed E-state index contributed by atoms with van der Waals surface area (Å²) in [4.78, 5) is 12.2. The van der Waals surface area contributed by atoms with Crippen molar-refractivity contribution < 1.29 is 19.0 Å². The average Bonchev–Trinajstić information content (AvgIpc) is 2.60. The number of benzene rings is 2. The van der Waals surface area contributed by atoms with Gasteiger partial charge in [0.05, 0.1) is 27.0 Å². The van der Waals surface area contributed by atoms with Crippen LogP contribution >= 0.6 is 0 Å². The number of carbonyl (C=O) groups is 1. The quantitative estimate of drug-likeness (QED) is 0.843. The van der Waals surface area contributed by atoms with E-state index in [0.717, 1.165) is 16.9 Å². The molecule has 0 aliphatic rings. The highest BCUT2D eigenvalue weighted by Gasteiger charge is 2.09. The van der Waals surface area contributed by atoms with Gasteiger partial charge in [-0.25, -0.2) is 0 Å². The fourth-order valence-corrected chi connectivity index (χ4v) is 2.47. The lowest BCUT2D eigenvalue weighted by molar-refractivity contribution is -0.116. The maximum atomic E-state index is 12.2. The van der Waals surface area contributed by atoms with Gasteiger partial charge in [0.1, 0.15) is 17.2 Å². The summed E-state index contributed by atoms with van der Waals surface area (Å²) in [5.74, 6) is 2.04. The molecule has 0 saturated carbocycles. The molecular weight excluding hydrogens is 306 g/mol. The molecule has 24 heavy (non-hydrogen) atoms. The lowest BCUT2D eigenvalue weighted by atomic mass is 10.1. The van der Waals surface area contributed by atoms with Crippen molar-refractivity contribution >= 4 is 11.6 Å². The Morgan fingerprint density at radius 3 is 2.33 bits per heavy atom. The van der Waals surface area contributed by atoms with Crippen LogP contribution in [0.25, 0.3) is 0 Å². The molecule has 0 radical (unpaired) electrons. The Morgan fingerprint density at radius 1 is 0.958 bits per heavy atom. The van der Waals surface area contributed by atoms with Crippen LogP contribution in [0.3, 0.4) is 0 Å². The number of hydrogen-bond donors (Lipinski definition) is 1. The molecule has 5 heteroatoms. The van der Waals surface area contributed by atoms with Crippen LogP contribution in [0.4, 0.5) is 5.69 Å². The number of anilines is 1. The summed E-state index contributed by atoms with van der Waals surface area (Å²) in [5.41, 5.74) is 2.80. The predicted molar refractivity (Wildman–Crippen MR) is 94.2 cm³/mol. The number of rotatable bonds is 7. The monoisotopic (exact) mass is 329 g/mol. The SMILES string of the molecule is COc1ccc(NC(=O)CCc2ccc(OC)c(C)c2)c(OC)c1. The van der Waals surface area contributed by atoms with Gasteiger partial charge in [0, 0.05) is 12.5 Å². The van der Waals surface area contributed by atoms with Crippen LogP contribution in [0.5, 0.6) is 17.2 Å². The molecule has 0 aliphatic heterocycles. The van der Waals surface area contributed by atoms with Gasteiger partial charge in [-0.2, -0.15) is 0 Å². The summed E-state index contributed by atoms with van der Waals surface area (Å²) in [5, 5.41) is 2.88. The molecule has 0 fully saturated rings. The number of methoxy groups -OCH3 is 3. The van der Waals surface area contributed by atoms with Gasteiger partial charge >= 0.3 is 0 Å². The van der Waals surface area contributed by atoms with E-state index < -0.39 is 0 Å². The Labute approximate surface area is 142 Å². The van der Waals surface area contributed by atoms with E-state index in [9.17, 15) is 4.79 Å². The first-order valence-electron chi connectivity index (χ1n) is 7.72. The molecule has 0 unspecified atom stereocenters. The van der Waals surface area contributed by atoms with Crippen molar-refractivity contribution in [3.8, 4) is 17.2 Å². The summed E-state index contributed by atoms with van der Waals surface area (Å²) >= 11 is 0. The maximum absolute atomic E-state index is 12.2. The molecule has 5 nitrogen and oxygen atoms in total. The molecule has 0 aliphatic carbocycles. The number of nitrogens with one attached hydrogen (secondary N) is 1. The second-order valence-electron chi connectivity index (χ2n) is 5.42. The summed E-state index contributed by atoms with van der Waals surface area (Å²) in [6.07, 6.45) is 1.05. The van der Waals surface area contributed by atoms with Crippen molar-refractivity contribution in [2.75, 3.05) is 26.6 Å². The minimum atomic E-state index is -0.0630. The highest BCUT2D eigenvalue weighted by atomic mass is 16.5. The second kappa shape index (κ2) is 8.24. The second-order valence-corrected chi connectivity index (χ2v) is 5.42. The number of ether oxygens (including phenoxy) is 3. The highest BCUT2D eigenvalue weighted by molar-refractivity contribution is 5.92. The first kappa shape index (κ1) is 17.7. The van der Waals surface area contributed by atoms with Crippen molar-refractivity contribution in [2.24, 2.45) is 0 Å². The predicted octanol–water partition coefficient (Wildman–Crippen LogP) is 3.59. The van der Waals surface area contributed by atoms with E-state index in [1.54, 1.807) is 39.5 Å². The molecule has 128 valence electrons. The third-order valence-corrected chi connectivity index (χ3v) is 3.78. The van der Waals surface area contributed by atoms with Crippen molar-refractivity contribution in [1.82, 2.24) is 0 Å². The van der Waals surface area contributed by atoms with Crippen molar-refractivity contribution in [3.05, 3.63) is 47.5 Å². The number of carbonyl (C=O) groups excluding carboxylic acids is 1. The molecule has 0 bridgehead atoms. The van der Waals surface area contributed by atoms with E-state index in [1.165, 1.54) is 0 Å². The molecule has 2 rings (SSSR count). The Morgan fingerprint density at radius 2 is 1.71 bits per heavy atom. The Hall–Kier alpha value is -2.69. The van der Waals surface area contributed by atoms with Gasteiger partial charge in [-0.15, -0.1) is 0 Å². The fraction of sp³-hybridized carbons (Fsp3) is 0.316. The van der Waals surface area contributed by atoms with E-state index in [1.807, 2.05) is 25.1 Å². The third-order valence-electron chi connectivity index (χ3n) is 3.78. The summed E-state index contributed by atoms with van der Waals surface area (Å²) < 4.78 is 15.7. The normalized spacial score (nSPS) is 10.2. The topological polar surface area (TPSA) is 56.8 Å². The Bertz CT molecular complexity index is 713. The number of amides is 1. The Balaban J connectivity index is 1.97. The minimum Gasteiger partial charge on any atom is -0.497 e. The molecule has 1 amide bonds. The van der Waals surface area contributed by atoms with Crippen LogP contribution in [0.1, 0.15) is 17.5 Å². The number of hydrogen-bond acceptors (Lipinski definition) is 4. The van der Waals surface area contributed by atoms with Gasteiger partial charge in [0.25, 0.3) is 0 Å². The van der Waals surface area contributed by atoms with E-state index in [2.05, 4.69) is 5.32 Å². The zero-order chi connectivity index (χ0) is 17.5. The van der Waals surface area contributed by atoms with Crippen LogP contribution in [0.2, 0.25) is 0 Å². The van der Waals surface area contributed by atoms with Crippen LogP contribution in [0.15, 0.2) is 36.4 Å². The zero-order valence-corrected chi connectivity index (χ0v) is 14.5. The van der Waals surface area contributed by atoms with Crippen molar-refractivity contribution in [3.63, 3.8) is 0 Å². The first-order valence-corrected chi connectivity index (χ1v) is 7.72. The molecule has 2 aromatic carbocycles.